The molecule has 0 heterocycles. The van der Waals surface area contributed by atoms with Crippen LogP contribution >= 0.6 is 0 Å². The van der Waals surface area contributed by atoms with Crippen molar-refractivity contribution < 1.29 is 4.79 Å². The lowest BCUT2D eigenvalue weighted by Crippen LogP contribution is -2.34. The van der Waals surface area contributed by atoms with Crippen LogP contribution in [0.25, 0.3) is 0 Å². The van der Waals surface area contributed by atoms with Crippen molar-refractivity contribution in [2.24, 2.45) is 17.6 Å². The Morgan fingerprint density at radius 2 is 1.40 bits per heavy atom. The van der Waals surface area contributed by atoms with Crippen LogP contribution in [-0.2, 0) is 4.79 Å². The second-order valence-electron chi connectivity index (χ2n) is 6.70. The summed E-state index contributed by atoms with van der Waals surface area (Å²) in [5.41, 5.74) is 5.48. The van der Waals surface area contributed by atoms with Crippen LogP contribution in [0.1, 0.15) is 72.6 Å². The first-order valence-corrected chi connectivity index (χ1v) is 8.45. The molecule has 0 radical (unpaired) electrons. The summed E-state index contributed by atoms with van der Waals surface area (Å²) in [6.45, 7) is 11.5. The molecule has 0 unspecified atom stereocenters. The number of rotatable bonds is 12. The lowest BCUT2D eigenvalue weighted by atomic mass is 10.1. The summed E-state index contributed by atoms with van der Waals surface area (Å²) in [6, 6.07) is 0. The molecule has 120 valence electrons. The van der Waals surface area contributed by atoms with Crippen LogP contribution in [0.3, 0.4) is 0 Å². The molecule has 20 heavy (non-hydrogen) atoms. The van der Waals surface area contributed by atoms with Crippen LogP contribution in [0.15, 0.2) is 0 Å². The van der Waals surface area contributed by atoms with Crippen molar-refractivity contribution in [1.82, 2.24) is 4.90 Å². The predicted molar refractivity (Wildman–Crippen MR) is 87.6 cm³/mol. The summed E-state index contributed by atoms with van der Waals surface area (Å²) < 4.78 is 0. The molecule has 0 saturated carbocycles. The highest BCUT2D eigenvalue weighted by Crippen LogP contribution is 2.10. The van der Waals surface area contributed by atoms with Gasteiger partial charge in [-0.2, -0.15) is 0 Å². The zero-order chi connectivity index (χ0) is 15.4. The fraction of sp³-hybridized carbons (Fsp3) is 0.941. The van der Waals surface area contributed by atoms with E-state index in [9.17, 15) is 4.79 Å². The van der Waals surface area contributed by atoms with Crippen molar-refractivity contribution in [3.63, 3.8) is 0 Å². The van der Waals surface area contributed by atoms with E-state index in [-0.39, 0.29) is 0 Å². The first-order valence-electron chi connectivity index (χ1n) is 8.45. The van der Waals surface area contributed by atoms with Gasteiger partial charge >= 0.3 is 0 Å². The molecule has 0 rings (SSSR count). The Kier molecular flexibility index (Phi) is 11.8. The van der Waals surface area contributed by atoms with Crippen LogP contribution in [0.5, 0.6) is 0 Å². The maximum atomic E-state index is 12.3. The van der Waals surface area contributed by atoms with Crippen LogP contribution in [-0.4, -0.2) is 30.4 Å². The molecule has 0 aromatic heterocycles. The van der Waals surface area contributed by atoms with E-state index in [1.807, 2.05) is 0 Å². The first kappa shape index (κ1) is 19.4. The molecule has 0 atom stereocenters. The Labute approximate surface area is 126 Å². The zero-order valence-corrected chi connectivity index (χ0v) is 14.2. The summed E-state index contributed by atoms with van der Waals surface area (Å²) >= 11 is 0. The van der Waals surface area contributed by atoms with Crippen LogP contribution in [0, 0.1) is 11.8 Å². The smallest absolute Gasteiger partial charge is 0.222 e. The topological polar surface area (TPSA) is 46.3 Å². The molecule has 0 aliphatic carbocycles. The predicted octanol–water partition coefficient (Wildman–Crippen LogP) is 3.82. The van der Waals surface area contributed by atoms with E-state index >= 15 is 0 Å². The van der Waals surface area contributed by atoms with Crippen molar-refractivity contribution in [2.75, 3.05) is 19.6 Å². The molecule has 3 heteroatoms. The number of hydrogen-bond donors (Lipinski definition) is 1. The van der Waals surface area contributed by atoms with Gasteiger partial charge in [-0.3, -0.25) is 4.79 Å². The number of amides is 1. The normalized spacial score (nSPS) is 11.3. The van der Waals surface area contributed by atoms with Crippen LogP contribution in [0.4, 0.5) is 0 Å². The molecule has 0 aliphatic rings. The molecule has 0 bridgehead atoms. The third-order valence-electron chi connectivity index (χ3n) is 3.65. The number of nitrogens with two attached hydrogens (primary N) is 1. The third-order valence-corrected chi connectivity index (χ3v) is 3.65. The molecule has 0 spiro atoms. The lowest BCUT2D eigenvalue weighted by Gasteiger charge is -2.24. The first-order chi connectivity index (χ1) is 9.47. The Morgan fingerprint density at radius 3 is 1.85 bits per heavy atom. The van der Waals surface area contributed by atoms with Gasteiger partial charge in [-0.05, 0) is 44.1 Å². The van der Waals surface area contributed by atoms with Crippen molar-refractivity contribution in [2.45, 2.75) is 72.6 Å². The number of nitrogens with zero attached hydrogens (tertiary/aromatic N) is 1. The maximum absolute atomic E-state index is 12.3. The largest absolute Gasteiger partial charge is 0.343 e. The minimum atomic E-state index is 0.346. The fourth-order valence-electron chi connectivity index (χ4n) is 2.12. The molecular formula is C17H36N2O. The summed E-state index contributed by atoms with van der Waals surface area (Å²) in [7, 11) is 0. The molecule has 0 fully saturated rings. The summed E-state index contributed by atoms with van der Waals surface area (Å²) in [5, 5.41) is 0. The SMILES string of the molecule is CC(C)CCN(CCC(C)C)C(=O)CCCCCCN. The van der Waals surface area contributed by atoms with Gasteiger partial charge in [0.2, 0.25) is 5.91 Å². The Hall–Kier alpha value is -0.570. The zero-order valence-electron chi connectivity index (χ0n) is 14.2. The van der Waals surface area contributed by atoms with Crippen molar-refractivity contribution in [1.29, 1.82) is 0 Å². The highest BCUT2D eigenvalue weighted by atomic mass is 16.2. The molecule has 2 N–H and O–H groups in total. The quantitative estimate of drug-likeness (QED) is 0.554. The van der Waals surface area contributed by atoms with Gasteiger partial charge in [0, 0.05) is 19.5 Å². The Bertz CT molecular complexity index is 227. The summed E-state index contributed by atoms with van der Waals surface area (Å²) in [4.78, 5) is 14.4. The van der Waals surface area contributed by atoms with Crippen LogP contribution in [0.2, 0.25) is 0 Å². The van der Waals surface area contributed by atoms with Crippen LogP contribution < -0.4 is 5.73 Å². The average molecular weight is 284 g/mol. The van der Waals surface area contributed by atoms with Gasteiger partial charge in [-0.1, -0.05) is 40.5 Å². The van der Waals surface area contributed by atoms with Gasteiger partial charge in [0.1, 0.15) is 0 Å². The van der Waals surface area contributed by atoms with Gasteiger partial charge in [-0.25, -0.2) is 0 Å². The van der Waals surface area contributed by atoms with Gasteiger partial charge in [0.25, 0.3) is 0 Å². The van der Waals surface area contributed by atoms with E-state index in [1.165, 1.54) is 0 Å². The minimum absolute atomic E-state index is 0.346. The van der Waals surface area contributed by atoms with E-state index in [0.29, 0.717) is 24.2 Å². The average Bonchev–Trinajstić information content (AvgIpc) is 2.37. The highest BCUT2D eigenvalue weighted by Gasteiger charge is 2.13. The van der Waals surface area contributed by atoms with E-state index in [2.05, 4.69) is 32.6 Å². The molecular weight excluding hydrogens is 248 g/mol. The fourth-order valence-corrected chi connectivity index (χ4v) is 2.12. The molecule has 1 amide bonds. The van der Waals surface area contributed by atoms with E-state index in [4.69, 9.17) is 5.73 Å². The van der Waals surface area contributed by atoms with Gasteiger partial charge in [0.05, 0.1) is 0 Å². The van der Waals surface area contributed by atoms with Crippen molar-refractivity contribution in [3.05, 3.63) is 0 Å². The lowest BCUT2D eigenvalue weighted by molar-refractivity contribution is -0.131. The van der Waals surface area contributed by atoms with Gasteiger partial charge in [-0.15, -0.1) is 0 Å². The highest BCUT2D eigenvalue weighted by molar-refractivity contribution is 5.76. The third kappa shape index (κ3) is 11.3. The second-order valence-corrected chi connectivity index (χ2v) is 6.70. The van der Waals surface area contributed by atoms with Crippen molar-refractivity contribution >= 4 is 5.91 Å². The second kappa shape index (κ2) is 12.2. The molecule has 0 aliphatic heterocycles. The number of carbonyl (C=O) groups excluding carboxylic acids is 1. The van der Waals surface area contributed by atoms with Crippen molar-refractivity contribution in [3.8, 4) is 0 Å². The Morgan fingerprint density at radius 1 is 0.900 bits per heavy atom. The molecule has 3 nitrogen and oxygen atoms in total. The van der Waals surface area contributed by atoms with Gasteiger partial charge in [0.15, 0.2) is 0 Å². The molecule has 0 saturated heterocycles. The summed E-state index contributed by atoms with van der Waals surface area (Å²) in [5.74, 6) is 1.67. The van der Waals surface area contributed by atoms with E-state index < -0.39 is 0 Å². The standard InChI is InChI=1S/C17H36N2O/c1-15(2)10-13-19(14-11-16(3)4)17(20)9-7-5-6-8-12-18/h15-16H,5-14,18H2,1-4H3. The number of hydrogen-bond acceptors (Lipinski definition) is 2. The van der Waals surface area contributed by atoms with E-state index in [0.717, 1.165) is 58.2 Å². The Balaban J connectivity index is 4.04. The number of carbonyl (C=O) groups is 1. The monoisotopic (exact) mass is 284 g/mol. The summed E-state index contributed by atoms with van der Waals surface area (Å²) in [6.07, 6.45) is 7.30. The number of unbranched alkanes of at least 4 members (excludes halogenated alkanes) is 3. The maximum Gasteiger partial charge on any atom is 0.222 e. The van der Waals surface area contributed by atoms with Gasteiger partial charge < -0.3 is 10.6 Å². The molecule has 0 aromatic carbocycles. The minimum Gasteiger partial charge on any atom is -0.343 e. The van der Waals surface area contributed by atoms with E-state index in [1.54, 1.807) is 0 Å². The molecule has 0 aromatic rings.